The maximum Gasteiger partial charge on any atom is 0.191 e. The van der Waals surface area contributed by atoms with Crippen LogP contribution in [-0.2, 0) is 6.54 Å². The molecular weight excluding hydrogens is 365 g/mol. The molecule has 0 amide bonds. The van der Waals surface area contributed by atoms with Crippen molar-refractivity contribution in [1.82, 2.24) is 10.6 Å². The van der Waals surface area contributed by atoms with Gasteiger partial charge in [0.15, 0.2) is 5.96 Å². The first kappa shape index (κ1) is 19.2. The van der Waals surface area contributed by atoms with E-state index in [1.807, 2.05) is 26.0 Å². The molecule has 1 rings (SSSR count). The molecule has 1 atom stereocenters. The van der Waals surface area contributed by atoms with Crippen molar-refractivity contribution in [3.8, 4) is 0 Å². The summed E-state index contributed by atoms with van der Waals surface area (Å²) in [5.74, 6) is 1.02. The van der Waals surface area contributed by atoms with Gasteiger partial charge in [0.1, 0.15) is 0 Å². The van der Waals surface area contributed by atoms with E-state index in [0.717, 1.165) is 19.0 Å². The minimum Gasteiger partial charge on any atom is -0.396 e. The summed E-state index contributed by atoms with van der Waals surface area (Å²) >= 11 is 0. The Morgan fingerprint density at radius 1 is 1.30 bits per heavy atom. The van der Waals surface area contributed by atoms with Crippen LogP contribution in [0.4, 0.5) is 0 Å². The lowest BCUT2D eigenvalue weighted by Crippen LogP contribution is -2.39. The van der Waals surface area contributed by atoms with Gasteiger partial charge in [-0.2, -0.15) is 0 Å². The summed E-state index contributed by atoms with van der Waals surface area (Å²) in [6, 6.07) is 8.26. The third kappa shape index (κ3) is 7.09. The smallest absolute Gasteiger partial charge is 0.191 e. The Morgan fingerprint density at radius 3 is 2.60 bits per heavy atom. The van der Waals surface area contributed by atoms with Crippen LogP contribution in [0.3, 0.4) is 0 Å². The fourth-order valence-corrected chi connectivity index (χ4v) is 1.63. The normalized spacial score (nSPS) is 12.5. The molecule has 114 valence electrons. The van der Waals surface area contributed by atoms with E-state index in [1.165, 1.54) is 11.1 Å². The first-order chi connectivity index (χ1) is 9.17. The number of aliphatic imine (C=N–C) groups is 1. The molecule has 0 radical (unpaired) electrons. The first-order valence-corrected chi connectivity index (χ1v) is 6.85. The number of guanidine groups is 1. The van der Waals surface area contributed by atoms with Crippen molar-refractivity contribution in [1.29, 1.82) is 0 Å². The second-order valence-corrected chi connectivity index (χ2v) is 4.79. The number of aryl methyl sites for hydroxylation is 1. The third-order valence-corrected chi connectivity index (χ3v) is 2.94. The summed E-state index contributed by atoms with van der Waals surface area (Å²) in [5.41, 5.74) is 2.49. The highest BCUT2D eigenvalue weighted by molar-refractivity contribution is 14.0. The maximum atomic E-state index is 9.02. The van der Waals surface area contributed by atoms with Crippen LogP contribution in [0.15, 0.2) is 29.3 Å². The Morgan fingerprint density at radius 2 is 2.00 bits per heavy atom. The lowest BCUT2D eigenvalue weighted by atomic mass is 10.1. The number of hydrogen-bond donors (Lipinski definition) is 3. The van der Waals surface area contributed by atoms with Gasteiger partial charge in [-0.3, -0.25) is 0 Å². The van der Waals surface area contributed by atoms with E-state index >= 15 is 0 Å². The van der Waals surface area contributed by atoms with Crippen LogP contribution in [0.1, 0.15) is 25.0 Å². The molecule has 0 bridgehead atoms. The molecule has 0 aliphatic rings. The zero-order valence-electron chi connectivity index (χ0n) is 12.5. The van der Waals surface area contributed by atoms with Crippen LogP contribution in [0, 0.1) is 12.8 Å². The van der Waals surface area contributed by atoms with Crippen molar-refractivity contribution in [3.05, 3.63) is 35.4 Å². The largest absolute Gasteiger partial charge is 0.396 e. The number of rotatable bonds is 6. The topological polar surface area (TPSA) is 56.7 Å². The van der Waals surface area contributed by atoms with E-state index in [4.69, 9.17) is 5.11 Å². The Bertz CT molecular complexity index is 410. The lowest BCUT2D eigenvalue weighted by molar-refractivity contribution is 0.238. The Kier molecular flexibility index (Phi) is 10.5. The van der Waals surface area contributed by atoms with Crippen LogP contribution >= 0.6 is 24.0 Å². The fraction of sp³-hybridized carbons (Fsp3) is 0.533. The van der Waals surface area contributed by atoms with E-state index in [0.29, 0.717) is 6.54 Å². The van der Waals surface area contributed by atoms with Gasteiger partial charge in [0, 0.05) is 19.7 Å². The van der Waals surface area contributed by atoms with Crippen molar-refractivity contribution < 1.29 is 5.11 Å². The van der Waals surface area contributed by atoms with E-state index in [1.54, 1.807) is 0 Å². The molecule has 1 unspecified atom stereocenters. The van der Waals surface area contributed by atoms with Gasteiger partial charge >= 0.3 is 0 Å². The number of benzene rings is 1. The van der Waals surface area contributed by atoms with E-state index in [2.05, 4.69) is 34.7 Å². The Labute approximate surface area is 139 Å². The highest BCUT2D eigenvalue weighted by atomic mass is 127. The average molecular weight is 391 g/mol. The summed E-state index contributed by atoms with van der Waals surface area (Å²) < 4.78 is 0. The van der Waals surface area contributed by atoms with Crippen LogP contribution in [0.25, 0.3) is 0 Å². The number of aliphatic hydroxyl groups is 1. The molecule has 0 aromatic heterocycles. The minimum atomic E-state index is 0. The predicted molar refractivity (Wildman–Crippen MR) is 95.7 cm³/mol. The second-order valence-electron chi connectivity index (χ2n) is 4.79. The molecule has 20 heavy (non-hydrogen) atoms. The summed E-state index contributed by atoms with van der Waals surface area (Å²) in [6.07, 6.45) is 0. The van der Waals surface area contributed by atoms with Gasteiger partial charge in [-0.25, -0.2) is 4.99 Å². The molecule has 3 N–H and O–H groups in total. The van der Waals surface area contributed by atoms with Crippen molar-refractivity contribution in [2.75, 3.05) is 19.7 Å². The number of aliphatic hydroxyl groups excluding tert-OH is 1. The lowest BCUT2D eigenvalue weighted by Gasteiger charge is -2.14. The Balaban J connectivity index is 0.00000361. The summed E-state index contributed by atoms with van der Waals surface area (Å²) in [5, 5.41) is 15.5. The molecule has 1 aromatic carbocycles. The summed E-state index contributed by atoms with van der Waals surface area (Å²) in [6.45, 7) is 8.53. The zero-order valence-corrected chi connectivity index (χ0v) is 14.8. The molecule has 0 saturated heterocycles. The minimum absolute atomic E-state index is 0. The third-order valence-electron chi connectivity index (χ3n) is 2.94. The van der Waals surface area contributed by atoms with E-state index < -0.39 is 0 Å². The molecule has 1 aromatic rings. The maximum absolute atomic E-state index is 9.02. The van der Waals surface area contributed by atoms with Crippen molar-refractivity contribution in [2.45, 2.75) is 27.3 Å². The number of nitrogens with zero attached hydrogens (tertiary/aromatic N) is 1. The molecule has 0 aliphatic heterocycles. The molecule has 4 nitrogen and oxygen atoms in total. The number of hydrogen-bond acceptors (Lipinski definition) is 2. The van der Waals surface area contributed by atoms with Gasteiger partial charge in [0.25, 0.3) is 0 Å². The van der Waals surface area contributed by atoms with Gasteiger partial charge in [-0.1, -0.05) is 31.2 Å². The Hall–Kier alpha value is -0.820. The second kappa shape index (κ2) is 10.9. The van der Waals surface area contributed by atoms with Crippen LogP contribution in [-0.4, -0.2) is 30.8 Å². The van der Waals surface area contributed by atoms with Crippen LogP contribution in [0.5, 0.6) is 0 Å². The number of nitrogens with one attached hydrogen (secondary N) is 2. The molecule has 0 heterocycles. The van der Waals surface area contributed by atoms with E-state index in [-0.39, 0.29) is 36.5 Å². The average Bonchev–Trinajstić information content (AvgIpc) is 2.43. The van der Waals surface area contributed by atoms with Crippen molar-refractivity contribution in [3.63, 3.8) is 0 Å². The molecule has 0 fully saturated rings. The molecular formula is C15H26IN3O. The highest BCUT2D eigenvalue weighted by Crippen LogP contribution is 2.07. The summed E-state index contributed by atoms with van der Waals surface area (Å²) in [7, 11) is 0. The van der Waals surface area contributed by atoms with Gasteiger partial charge in [-0.05, 0) is 30.9 Å². The van der Waals surface area contributed by atoms with Gasteiger partial charge < -0.3 is 15.7 Å². The highest BCUT2D eigenvalue weighted by Gasteiger charge is 2.02. The quantitative estimate of drug-likeness (QED) is 0.396. The van der Waals surface area contributed by atoms with Crippen molar-refractivity contribution >= 4 is 29.9 Å². The SMILES string of the molecule is CCNC(=NCc1ccccc1C)NCC(C)CO.I. The van der Waals surface area contributed by atoms with Crippen LogP contribution < -0.4 is 10.6 Å². The fourth-order valence-electron chi connectivity index (χ4n) is 1.63. The first-order valence-electron chi connectivity index (χ1n) is 6.85. The van der Waals surface area contributed by atoms with E-state index in [9.17, 15) is 0 Å². The van der Waals surface area contributed by atoms with Gasteiger partial charge in [0.2, 0.25) is 0 Å². The molecule has 0 spiro atoms. The van der Waals surface area contributed by atoms with Gasteiger partial charge in [-0.15, -0.1) is 24.0 Å². The van der Waals surface area contributed by atoms with Gasteiger partial charge in [0.05, 0.1) is 6.54 Å². The number of halogens is 1. The molecule has 5 heteroatoms. The zero-order chi connectivity index (χ0) is 14.1. The van der Waals surface area contributed by atoms with Crippen molar-refractivity contribution in [2.24, 2.45) is 10.9 Å². The molecule has 0 saturated carbocycles. The standard InChI is InChI=1S/C15H25N3O.HI/c1-4-16-15(17-9-12(2)11-19)18-10-14-8-6-5-7-13(14)3;/h5-8,12,19H,4,9-11H2,1-3H3,(H2,16,17,18);1H. The van der Waals surface area contributed by atoms with Crippen LogP contribution in [0.2, 0.25) is 0 Å². The predicted octanol–water partition coefficient (Wildman–Crippen LogP) is 2.30. The summed E-state index contributed by atoms with van der Waals surface area (Å²) in [4.78, 5) is 4.56. The monoisotopic (exact) mass is 391 g/mol. The molecule has 0 aliphatic carbocycles.